The number of Topliss-reactive ketones (excluding diaryl/α,β-unsaturated/α-hetero) is 1. The average Bonchev–Trinajstić information content (AvgIpc) is 3.05. The Bertz CT molecular complexity index is 449. The molecule has 0 aromatic heterocycles. The predicted molar refractivity (Wildman–Crippen MR) is 56.2 cm³/mol. The van der Waals surface area contributed by atoms with E-state index in [0.717, 1.165) is 12.8 Å². The lowest BCUT2D eigenvalue weighted by atomic mass is 10.0. The third-order valence-corrected chi connectivity index (χ3v) is 2.92. The van der Waals surface area contributed by atoms with Crippen LogP contribution in [0.1, 0.15) is 23.2 Å². The Hall–Kier alpha value is -1.71. The van der Waals surface area contributed by atoms with Crippen LogP contribution >= 0.6 is 0 Å². The Labute approximate surface area is 93.1 Å². The van der Waals surface area contributed by atoms with Gasteiger partial charge in [0, 0.05) is 5.92 Å². The second-order valence-electron chi connectivity index (χ2n) is 4.02. The van der Waals surface area contributed by atoms with Gasteiger partial charge >= 0.3 is 0 Å². The fraction of sp³-hybridized carbons (Fsp3) is 0.417. The molecule has 0 spiro atoms. The van der Waals surface area contributed by atoms with Crippen molar-refractivity contribution in [1.82, 2.24) is 0 Å². The third kappa shape index (κ3) is 1.33. The van der Waals surface area contributed by atoms with Crippen LogP contribution in [-0.2, 0) is 0 Å². The van der Waals surface area contributed by atoms with Crippen LogP contribution in [-0.4, -0.2) is 19.7 Å². The van der Waals surface area contributed by atoms with E-state index >= 15 is 0 Å². The topological polar surface area (TPSA) is 44.8 Å². The molecule has 1 fully saturated rings. The van der Waals surface area contributed by atoms with Crippen molar-refractivity contribution in [2.45, 2.75) is 12.8 Å². The first-order valence-corrected chi connectivity index (χ1v) is 5.32. The number of ketones is 1. The molecular weight excluding hydrogens is 208 g/mol. The van der Waals surface area contributed by atoms with Crippen molar-refractivity contribution in [3.05, 3.63) is 17.7 Å². The standard InChI is InChI=1S/C12H12O4/c1-14-8-4-5-9-12(16-6-15-9)10(8)11(13)7-2-3-7/h4-5,7H,2-3,6H2,1H3. The molecule has 0 unspecified atom stereocenters. The molecule has 1 heterocycles. The molecule has 1 saturated carbocycles. The van der Waals surface area contributed by atoms with Gasteiger partial charge in [0.05, 0.1) is 7.11 Å². The minimum Gasteiger partial charge on any atom is -0.496 e. The molecule has 2 aliphatic rings. The largest absolute Gasteiger partial charge is 0.496 e. The second-order valence-corrected chi connectivity index (χ2v) is 4.02. The van der Waals surface area contributed by atoms with Gasteiger partial charge in [-0.05, 0) is 25.0 Å². The lowest BCUT2D eigenvalue weighted by molar-refractivity contribution is 0.0959. The van der Waals surface area contributed by atoms with Gasteiger partial charge in [0.25, 0.3) is 0 Å². The number of methoxy groups -OCH3 is 1. The molecule has 0 amide bonds. The molecule has 4 nitrogen and oxygen atoms in total. The highest BCUT2D eigenvalue weighted by Gasteiger charge is 2.36. The van der Waals surface area contributed by atoms with E-state index in [-0.39, 0.29) is 18.5 Å². The van der Waals surface area contributed by atoms with Crippen LogP contribution in [0.25, 0.3) is 0 Å². The van der Waals surface area contributed by atoms with Crippen LogP contribution < -0.4 is 14.2 Å². The lowest BCUT2D eigenvalue weighted by Gasteiger charge is -2.09. The van der Waals surface area contributed by atoms with Crippen molar-refractivity contribution in [3.8, 4) is 17.2 Å². The van der Waals surface area contributed by atoms with Crippen molar-refractivity contribution in [2.75, 3.05) is 13.9 Å². The summed E-state index contributed by atoms with van der Waals surface area (Å²) in [6, 6.07) is 3.52. The maximum Gasteiger partial charge on any atom is 0.231 e. The number of benzene rings is 1. The molecule has 4 heteroatoms. The summed E-state index contributed by atoms with van der Waals surface area (Å²) in [6.07, 6.45) is 1.93. The molecule has 0 N–H and O–H groups in total. The van der Waals surface area contributed by atoms with Crippen LogP contribution in [0.5, 0.6) is 17.2 Å². The lowest BCUT2D eigenvalue weighted by Crippen LogP contribution is -2.06. The van der Waals surface area contributed by atoms with Gasteiger partial charge in [-0.15, -0.1) is 0 Å². The normalized spacial score (nSPS) is 17.3. The van der Waals surface area contributed by atoms with Crippen molar-refractivity contribution < 1.29 is 19.0 Å². The van der Waals surface area contributed by atoms with Crippen molar-refractivity contribution in [3.63, 3.8) is 0 Å². The number of carbonyl (C=O) groups excluding carboxylic acids is 1. The number of hydrogen-bond donors (Lipinski definition) is 0. The number of carbonyl (C=O) groups is 1. The number of hydrogen-bond acceptors (Lipinski definition) is 4. The maximum absolute atomic E-state index is 12.1. The quantitative estimate of drug-likeness (QED) is 0.731. The summed E-state index contributed by atoms with van der Waals surface area (Å²) in [5.74, 6) is 1.99. The van der Waals surface area contributed by atoms with E-state index in [0.29, 0.717) is 22.8 Å². The molecule has 0 saturated heterocycles. The highest BCUT2D eigenvalue weighted by molar-refractivity contribution is 6.04. The molecule has 1 aromatic rings. The molecule has 1 aliphatic heterocycles. The van der Waals surface area contributed by atoms with Crippen LogP contribution in [0.2, 0.25) is 0 Å². The van der Waals surface area contributed by atoms with Crippen LogP contribution in [0.4, 0.5) is 0 Å². The Morgan fingerprint density at radius 2 is 2.19 bits per heavy atom. The summed E-state index contributed by atoms with van der Waals surface area (Å²) in [5.41, 5.74) is 0.542. The van der Waals surface area contributed by atoms with Gasteiger partial charge in [0.15, 0.2) is 17.3 Å². The summed E-state index contributed by atoms with van der Waals surface area (Å²) in [4.78, 5) is 12.1. The zero-order valence-electron chi connectivity index (χ0n) is 8.99. The fourth-order valence-corrected chi connectivity index (χ4v) is 1.91. The second kappa shape index (κ2) is 3.40. The first kappa shape index (κ1) is 9.51. The molecule has 16 heavy (non-hydrogen) atoms. The van der Waals surface area contributed by atoms with Crippen LogP contribution in [0.3, 0.4) is 0 Å². The molecule has 1 aliphatic carbocycles. The minimum absolute atomic E-state index is 0.110. The van der Waals surface area contributed by atoms with E-state index in [9.17, 15) is 4.79 Å². The monoisotopic (exact) mass is 220 g/mol. The van der Waals surface area contributed by atoms with E-state index in [2.05, 4.69) is 0 Å². The van der Waals surface area contributed by atoms with Gasteiger partial charge in [0.2, 0.25) is 6.79 Å². The van der Waals surface area contributed by atoms with Crippen molar-refractivity contribution in [2.24, 2.45) is 5.92 Å². The summed E-state index contributed by atoms with van der Waals surface area (Å²) in [6.45, 7) is 0.174. The fourth-order valence-electron chi connectivity index (χ4n) is 1.91. The van der Waals surface area contributed by atoms with E-state index in [1.165, 1.54) is 0 Å². The molecule has 0 bridgehead atoms. The van der Waals surface area contributed by atoms with Crippen molar-refractivity contribution >= 4 is 5.78 Å². The molecular formula is C12H12O4. The van der Waals surface area contributed by atoms with E-state index in [4.69, 9.17) is 14.2 Å². The minimum atomic E-state index is 0.110. The molecule has 1 aromatic carbocycles. The summed E-state index contributed by atoms with van der Waals surface area (Å²) >= 11 is 0. The highest BCUT2D eigenvalue weighted by Crippen LogP contribution is 2.45. The zero-order chi connectivity index (χ0) is 11.1. The Balaban J connectivity index is 2.11. The molecule has 84 valence electrons. The first-order valence-electron chi connectivity index (χ1n) is 5.32. The predicted octanol–water partition coefficient (Wildman–Crippen LogP) is 2.02. The molecule has 0 atom stereocenters. The maximum atomic E-state index is 12.1. The highest BCUT2D eigenvalue weighted by atomic mass is 16.7. The van der Waals surface area contributed by atoms with Gasteiger partial charge in [-0.25, -0.2) is 0 Å². The summed E-state index contributed by atoms with van der Waals surface area (Å²) < 4.78 is 15.8. The van der Waals surface area contributed by atoms with Gasteiger partial charge in [-0.1, -0.05) is 0 Å². The number of fused-ring (bicyclic) bond motifs is 1. The third-order valence-electron chi connectivity index (χ3n) is 2.92. The first-order chi connectivity index (χ1) is 7.81. The number of rotatable bonds is 3. The smallest absolute Gasteiger partial charge is 0.231 e. The van der Waals surface area contributed by atoms with Gasteiger partial charge in [-0.2, -0.15) is 0 Å². The van der Waals surface area contributed by atoms with E-state index in [1.807, 2.05) is 0 Å². The zero-order valence-corrected chi connectivity index (χ0v) is 8.99. The Morgan fingerprint density at radius 1 is 1.38 bits per heavy atom. The van der Waals surface area contributed by atoms with Gasteiger partial charge in [-0.3, -0.25) is 4.79 Å². The summed E-state index contributed by atoms with van der Waals surface area (Å²) in [5, 5.41) is 0. The Kier molecular flexibility index (Phi) is 2.02. The van der Waals surface area contributed by atoms with Crippen LogP contribution in [0.15, 0.2) is 12.1 Å². The Morgan fingerprint density at radius 3 is 2.88 bits per heavy atom. The SMILES string of the molecule is COc1ccc2c(c1C(=O)C1CC1)OCO2. The van der Waals surface area contributed by atoms with Crippen molar-refractivity contribution in [1.29, 1.82) is 0 Å². The van der Waals surface area contributed by atoms with Gasteiger partial charge < -0.3 is 14.2 Å². The van der Waals surface area contributed by atoms with E-state index in [1.54, 1.807) is 19.2 Å². The average molecular weight is 220 g/mol. The number of ether oxygens (including phenoxy) is 3. The molecule has 3 rings (SSSR count). The van der Waals surface area contributed by atoms with Crippen LogP contribution in [0, 0.1) is 5.92 Å². The summed E-state index contributed by atoms with van der Waals surface area (Å²) in [7, 11) is 1.56. The van der Waals surface area contributed by atoms with E-state index < -0.39 is 0 Å². The molecule has 0 radical (unpaired) electrons. The van der Waals surface area contributed by atoms with Gasteiger partial charge in [0.1, 0.15) is 11.3 Å².